The molecule has 1 aliphatic rings. The number of ether oxygens (including phenoxy) is 1. The maximum absolute atomic E-state index is 12.3. The zero-order valence-electron chi connectivity index (χ0n) is 11.5. The predicted molar refractivity (Wildman–Crippen MR) is 85.0 cm³/mol. The third-order valence-corrected chi connectivity index (χ3v) is 5.19. The quantitative estimate of drug-likeness (QED) is 0.823. The van der Waals surface area contributed by atoms with Gasteiger partial charge in [-0.25, -0.2) is 0 Å². The van der Waals surface area contributed by atoms with Crippen LogP contribution in [0.1, 0.15) is 36.0 Å². The topological polar surface area (TPSA) is 38.3 Å². The second-order valence-corrected chi connectivity index (χ2v) is 6.73. The highest BCUT2D eigenvalue weighted by Crippen LogP contribution is 2.29. The molecule has 1 N–H and O–H groups in total. The smallest absolute Gasteiger partial charge is 0.255 e. The fraction of sp³-hybridized carbons (Fsp3) is 0.533. The second-order valence-electron chi connectivity index (χ2n) is 5.12. The van der Waals surface area contributed by atoms with Crippen LogP contribution < -0.4 is 10.1 Å². The Bertz CT molecular complexity index is 481. The molecule has 20 heavy (non-hydrogen) atoms. The van der Waals surface area contributed by atoms with E-state index in [-0.39, 0.29) is 5.91 Å². The Balaban J connectivity index is 1.99. The van der Waals surface area contributed by atoms with Gasteiger partial charge < -0.3 is 10.1 Å². The third-order valence-electron chi connectivity index (χ3n) is 3.75. The number of benzene rings is 1. The Morgan fingerprint density at radius 1 is 1.45 bits per heavy atom. The summed E-state index contributed by atoms with van der Waals surface area (Å²) >= 11 is 9.65. The van der Waals surface area contributed by atoms with E-state index in [9.17, 15) is 4.79 Å². The van der Waals surface area contributed by atoms with Crippen LogP contribution in [0.4, 0.5) is 0 Å². The maximum atomic E-state index is 12.3. The molecule has 1 fully saturated rings. The molecule has 2 atom stereocenters. The fourth-order valence-electron chi connectivity index (χ4n) is 2.57. The highest BCUT2D eigenvalue weighted by atomic mass is 79.9. The van der Waals surface area contributed by atoms with Gasteiger partial charge >= 0.3 is 0 Å². The standard InChI is InChI=1S/C15H19BrClNO2/c1-20-14-7-6-11(17)8-12(14)15(19)18-9-10-4-2-3-5-13(10)16/h6-8,10,13H,2-5,9H2,1H3,(H,18,19). The lowest BCUT2D eigenvalue weighted by atomic mass is 9.89. The number of hydrogen-bond donors (Lipinski definition) is 1. The number of carbonyl (C=O) groups excluding carboxylic acids is 1. The first-order chi connectivity index (χ1) is 9.61. The summed E-state index contributed by atoms with van der Waals surface area (Å²) in [4.78, 5) is 12.8. The maximum Gasteiger partial charge on any atom is 0.255 e. The van der Waals surface area contributed by atoms with Gasteiger partial charge in [-0.3, -0.25) is 4.79 Å². The van der Waals surface area contributed by atoms with Crippen LogP contribution in [0.3, 0.4) is 0 Å². The summed E-state index contributed by atoms with van der Waals surface area (Å²) < 4.78 is 5.21. The molecular formula is C15H19BrClNO2. The van der Waals surface area contributed by atoms with Crippen molar-refractivity contribution in [2.24, 2.45) is 5.92 Å². The predicted octanol–water partition coefficient (Wildman–Crippen LogP) is 4.03. The van der Waals surface area contributed by atoms with E-state index >= 15 is 0 Å². The average molecular weight is 361 g/mol. The summed E-state index contributed by atoms with van der Waals surface area (Å²) in [6, 6.07) is 5.07. The minimum Gasteiger partial charge on any atom is -0.496 e. The Hall–Kier alpha value is -0.740. The monoisotopic (exact) mass is 359 g/mol. The summed E-state index contributed by atoms with van der Waals surface area (Å²) in [7, 11) is 1.55. The molecule has 0 radical (unpaired) electrons. The molecular weight excluding hydrogens is 342 g/mol. The van der Waals surface area contributed by atoms with Crippen LogP contribution in [-0.4, -0.2) is 24.4 Å². The van der Waals surface area contributed by atoms with Gasteiger partial charge in [0.2, 0.25) is 0 Å². The van der Waals surface area contributed by atoms with Gasteiger partial charge in [-0.1, -0.05) is 40.4 Å². The molecule has 1 aromatic carbocycles. The molecule has 110 valence electrons. The molecule has 1 aliphatic carbocycles. The molecule has 0 saturated heterocycles. The lowest BCUT2D eigenvalue weighted by Gasteiger charge is -2.27. The van der Waals surface area contributed by atoms with Gasteiger partial charge in [0.1, 0.15) is 5.75 Å². The Morgan fingerprint density at radius 3 is 2.90 bits per heavy atom. The minimum atomic E-state index is -0.130. The van der Waals surface area contributed by atoms with Gasteiger partial charge in [-0.2, -0.15) is 0 Å². The number of halogens is 2. The Labute approximate surface area is 133 Å². The van der Waals surface area contributed by atoms with E-state index in [1.165, 1.54) is 19.3 Å². The lowest BCUT2D eigenvalue weighted by Crippen LogP contribution is -2.34. The molecule has 0 aliphatic heterocycles. The van der Waals surface area contributed by atoms with E-state index in [2.05, 4.69) is 21.2 Å². The fourth-order valence-corrected chi connectivity index (χ4v) is 3.52. The molecule has 1 amide bonds. The van der Waals surface area contributed by atoms with E-state index in [1.807, 2.05) is 0 Å². The summed E-state index contributed by atoms with van der Waals surface area (Å²) in [5.74, 6) is 0.915. The zero-order chi connectivity index (χ0) is 14.5. The van der Waals surface area contributed by atoms with Crippen molar-refractivity contribution in [3.8, 4) is 5.75 Å². The number of nitrogens with one attached hydrogen (secondary N) is 1. The molecule has 2 unspecified atom stereocenters. The van der Waals surface area contributed by atoms with Gasteiger partial charge in [-0.15, -0.1) is 0 Å². The van der Waals surface area contributed by atoms with Crippen molar-refractivity contribution in [1.29, 1.82) is 0 Å². The average Bonchev–Trinajstić information content (AvgIpc) is 2.46. The van der Waals surface area contributed by atoms with Crippen LogP contribution in [0.25, 0.3) is 0 Å². The largest absolute Gasteiger partial charge is 0.496 e. The van der Waals surface area contributed by atoms with Crippen LogP contribution in [0, 0.1) is 5.92 Å². The summed E-state index contributed by atoms with van der Waals surface area (Å²) in [5, 5.41) is 3.53. The van der Waals surface area contributed by atoms with Crippen molar-refractivity contribution in [2.45, 2.75) is 30.5 Å². The van der Waals surface area contributed by atoms with E-state index < -0.39 is 0 Å². The summed E-state index contributed by atoms with van der Waals surface area (Å²) in [5.41, 5.74) is 0.488. The minimum absolute atomic E-state index is 0.130. The van der Waals surface area contributed by atoms with Crippen molar-refractivity contribution >= 4 is 33.4 Å². The van der Waals surface area contributed by atoms with E-state index in [1.54, 1.807) is 25.3 Å². The number of methoxy groups -OCH3 is 1. The molecule has 0 heterocycles. The van der Waals surface area contributed by atoms with Gasteiger partial charge in [0, 0.05) is 16.4 Å². The molecule has 0 bridgehead atoms. The molecule has 5 heteroatoms. The van der Waals surface area contributed by atoms with Crippen LogP contribution in [-0.2, 0) is 0 Å². The van der Waals surface area contributed by atoms with Crippen molar-refractivity contribution in [2.75, 3.05) is 13.7 Å². The molecule has 3 nitrogen and oxygen atoms in total. The lowest BCUT2D eigenvalue weighted by molar-refractivity contribution is 0.0941. The van der Waals surface area contributed by atoms with Crippen molar-refractivity contribution < 1.29 is 9.53 Å². The van der Waals surface area contributed by atoms with E-state index in [0.29, 0.717) is 33.6 Å². The van der Waals surface area contributed by atoms with Crippen LogP contribution in [0.2, 0.25) is 5.02 Å². The van der Waals surface area contributed by atoms with Gasteiger partial charge in [0.15, 0.2) is 0 Å². The van der Waals surface area contributed by atoms with Crippen molar-refractivity contribution in [3.63, 3.8) is 0 Å². The number of amides is 1. The second kappa shape index (κ2) is 7.32. The van der Waals surface area contributed by atoms with Crippen molar-refractivity contribution in [3.05, 3.63) is 28.8 Å². The first-order valence-electron chi connectivity index (χ1n) is 6.87. The van der Waals surface area contributed by atoms with Crippen molar-refractivity contribution in [1.82, 2.24) is 5.32 Å². The van der Waals surface area contributed by atoms with Crippen LogP contribution in [0.15, 0.2) is 18.2 Å². The Morgan fingerprint density at radius 2 is 2.20 bits per heavy atom. The highest BCUT2D eigenvalue weighted by molar-refractivity contribution is 9.09. The molecule has 1 aromatic rings. The number of alkyl halides is 1. The van der Waals surface area contributed by atoms with E-state index in [0.717, 1.165) is 6.42 Å². The van der Waals surface area contributed by atoms with E-state index in [4.69, 9.17) is 16.3 Å². The van der Waals surface area contributed by atoms with Gasteiger partial charge in [0.05, 0.1) is 12.7 Å². The molecule has 2 rings (SSSR count). The number of rotatable bonds is 4. The molecule has 0 spiro atoms. The van der Waals surface area contributed by atoms with Gasteiger partial charge in [-0.05, 0) is 37.0 Å². The normalized spacial score (nSPS) is 22.4. The Kier molecular flexibility index (Phi) is 5.73. The summed E-state index contributed by atoms with van der Waals surface area (Å²) in [6.45, 7) is 0.685. The van der Waals surface area contributed by atoms with Crippen LogP contribution in [0.5, 0.6) is 5.75 Å². The molecule has 0 aromatic heterocycles. The molecule has 1 saturated carbocycles. The first-order valence-corrected chi connectivity index (χ1v) is 8.17. The third kappa shape index (κ3) is 3.89. The van der Waals surface area contributed by atoms with Crippen LogP contribution >= 0.6 is 27.5 Å². The highest BCUT2D eigenvalue weighted by Gasteiger charge is 2.23. The summed E-state index contributed by atoms with van der Waals surface area (Å²) in [6.07, 6.45) is 4.84. The number of hydrogen-bond acceptors (Lipinski definition) is 2. The first kappa shape index (κ1) is 15.6. The zero-order valence-corrected chi connectivity index (χ0v) is 13.8. The van der Waals surface area contributed by atoms with Gasteiger partial charge in [0.25, 0.3) is 5.91 Å². The SMILES string of the molecule is COc1ccc(Cl)cc1C(=O)NCC1CCCCC1Br. The number of carbonyl (C=O) groups is 1.